The maximum absolute atomic E-state index is 14.5. The van der Waals surface area contributed by atoms with Crippen molar-refractivity contribution >= 4 is 17.5 Å². The largest absolute Gasteiger partial charge is 0.496 e. The van der Waals surface area contributed by atoms with E-state index in [1.165, 1.54) is 11.1 Å². The van der Waals surface area contributed by atoms with E-state index in [9.17, 15) is 9.59 Å². The summed E-state index contributed by atoms with van der Waals surface area (Å²) in [5.41, 5.74) is 4.98. The summed E-state index contributed by atoms with van der Waals surface area (Å²) in [4.78, 5) is 37.7. The second-order valence-electron chi connectivity index (χ2n) is 14.7. The topological polar surface area (TPSA) is 77.3 Å². The summed E-state index contributed by atoms with van der Waals surface area (Å²) in [5.74, 6) is 2.87. The normalized spacial score (nSPS) is 26.2. The van der Waals surface area contributed by atoms with Crippen LogP contribution in [0.3, 0.4) is 0 Å². The number of Topliss-reactive ketones (excluding diaryl/α,β-unsaturated/α-hetero) is 1. The Labute approximate surface area is 268 Å². The average molecular weight is 611 g/mol. The molecule has 0 atom stereocenters. The lowest BCUT2D eigenvalue weighted by Crippen LogP contribution is -2.52. The number of ketones is 1. The van der Waals surface area contributed by atoms with E-state index >= 15 is 0 Å². The second kappa shape index (κ2) is 12.7. The van der Waals surface area contributed by atoms with Crippen molar-refractivity contribution in [1.82, 2.24) is 14.5 Å². The molecule has 7 heteroatoms. The first kappa shape index (κ1) is 31.5. The maximum atomic E-state index is 14.5. The Balaban J connectivity index is 1.25. The molecule has 0 aliphatic heterocycles. The van der Waals surface area contributed by atoms with E-state index in [2.05, 4.69) is 61.1 Å². The van der Waals surface area contributed by atoms with Crippen LogP contribution >= 0.6 is 0 Å². The third kappa shape index (κ3) is 6.45. The zero-order valence-corrected chi connectivity index (χ0v) is 27.8. The summed E-state index contributed by atoms with van der Waals surface area (Å²) in [6, 6.07) is 10.8. The van der Waals surface area contributed by atoms with E-state index in [0.29, 0.717) is 24.8 Å². The molecule has 0 unspecified atom stereocenters. The molecule has 0 spiro atoms. The van der Waals surface area contributed by atoms with Gasteiger partial charge in [0.2, 0.25) is 5.91 Å². The van der Waals surface area contributed by atoms with Crippen LogP contribution in [0.5, 0.6) is 5.75 Å². The fourth-order valence-electron chi connectivity index (χ4n) is 8.48. The standard InChI is InChI=1S/C38H50N4O3/c1-26(2)33-23-41(25-40-33)32-12-19-39-35(22-32)42(36(44)30-8-6-29(7-9-30)21-28(4)43)24-37-13-16-38(17-14-37,18-15-37)31-10-11-34(45-5)27(3)20-31/h10-12,19-20,22-23,25-26,29-30H,6-9,13-18,21,24H2,1-5H3. The fourth-order valence-corrected chi connectivity index (χ4v) is 8.48. The Morgan fingerprint density at radius 2 is 1.71 bits per heavy atom. The predicted molar refractivity (Wildman–Crippen MR) is 178 cm³/mol. The highest BCUT2D eigenvalue weighted by atomic mass is 16.5. The van der Waals surface area contributed by atoms with Crippen LogP contribution in [0.15, 0.2) is 49.1 Å². The van der Waals surface area contributed by atoms with Crippen LogP contribution in [0.25, 0.3) is 5.69 Å². The number of pyridine rings is 1. The van der Waals surface area contributed by atoms with E-state index in [-0.39, 0.29) is 28.4 Å². The summed E-state index contributed by atoms with van der Waals surface area (Å²) in [5, 5.41) is 0. The number of imidazole rings is 1. The number of amides is 1. The van der Waals surface area contributed by atoms with Crippen LogP contribution in [0, 0.1) is 24.2 Å². The molecule has 2 bridgehead atoms. The molecule has 7 rings (SSSR count). The lowest BCUT2D eigenvalue weighted by atomic mass is 9.51. The minimum atomic E-state index is -0.0237. The Kier molecular flexibility index (Phi) is 8.91. The van der Waals surface area contributed by atoms with Gasteiger partial charge in [-0.25, -0.2) is 9.97 Å². The van der Waals surface area contributed by atoms with Crippen molar-refractivity contribution in [3.63, 3.8) is 0 Å². The van der Waals surface area contributed by atoms with Gasteiger partial charge in [-0.3, -0.25) is 9.69 Å². The number of methoxy groups -OCH3 is 1. The molecule has 4 saturated carbocycles. The Morgan fingerprint density at radius 3 is 2.31 bits per heavy atom. The minimum Gasteiger partial charge on any atom is -0.496 e. The van der Waals surface area contributed by atoms with Crippen molar-refractivity contribution in [1.29, 1.82) is 0 Å². The van der Waals surface area contributed by atoms with E-state index in [0.717, 1.165) is 87.2 Å². The predicted octanol–water partition coefficient (Wildman–Crippen LogP) is 8.12. The molecule has 240 valence electrons. The van der Waals surface area contributed by atoms with Crippen molar-refractivity contribution < 1.29 is 14.3 Å². The van der Waals surface area contributed by atoms with Gasteiger partial charge in [0.15, 0.2) is 0 Å². The van der Waals surface area contributed by atoms with Gasteiger partial charge in [-0.15, -0.1) is 0 Å². The van der Waals surface area contributed by atoms with E-state index < -0.39 is 0 Å². The molecular weight excluding hydrogens is 560 g/mol. The van der Waals surface area contributed by atoms with Gasteiger partial charge in [-0.2, -0.15) is 0 Å². The Hall–Kier alpha value is -3.48. The molecule has 1 aromatic carbocycles. The molecule has 4 aliphatic rings. The number of nitrogens with zero attached hydrogens (tertiary/aromatic N) is 4. The number of anilines is 1. The van der Waals surface area contributed by atoms with E-state index in [4.69, 9.17) is 9.72 Å². The lowest BCUT2D eigenvalue weighted by molar-refractivity contribution is -0.124. The molecule has 2 aromatic heterocycles. The highest BCUT2D eigenvalue weighted by Crippen LogP contribution is 2.58. The number of benzene rings is 1. The number of fused-ring (bicyclic) bond motifs is 3. The van der Waals surface area contributed by atoms with Crippen LogP contribution in [0.2, 0.25) is 0 Å². The van der Waals surface area contributed by atoms with Crippen LogP contribution in [-0.4, -0.2) is 39.9 Å². The van der Waals surface area contributed by atoms with Gasteiger partial charge in [-0.05, 0) is 124 Å². The SMILES string of the molecule is COc1ccc(C23CCC(CN(C(=O)C4CCC(CC(C)=O)CC4)c4cc(-n5cnc(C(C)C)c5)ccn4)(CC2)CC3)cc1C. The molecule has 4 fully saturated rings. The van der Waals surface area contributed by atoms with Gasteiger partial charge in [0, 0.05) is 37.3 Å². The van der Waals surface area contributed by atoms with Gasteiger partial charge >= 0.3 is 0 Å². The first-order valence-electron chi connectivity index (χ1n) is 17.1. The number of carbonyl (C=O) groups excluding carboxylic acids is 2. The Morgan fingerprint density at radius 1 is 1.00 bits per heavy atom. The summed E-state index contributed by atoms with van der Waals surface area (Å²) in [6.07, 6.45) is 16.8. The summed E-state index contributed by atoms with van der Waals surface area (Å²) in [6.45, 7) is 8.83. The third-order valence-corrected chi connectivity index (χ3v) is 11.4. The van der Waals surface area contributed by atoms with Gasteiger partial charge in [-0.1, -0.05) is 26.0 Å². The van der Waals surface area contributed by atoms with E-state index in [1.807, 2.05) is 23.2 Å². The number of hydrogen-bond donors (Lipinski definition) is 0. The molecule has 0 saturated heterocycles. The summed E-state index contributed by atoms with van der Waals surface area (Å²) >= 11 is 0. The van der Waals surface area contributed by atoms with Crippen LogP contribution in [-0.2, 0) is 15.0 Å². The molecular formula is C38H50N4O3. The molecule has 4 aliphatic carbocycles. The van der Waals surface area contributed by atoms with Crippen molar-refractivity contribution in [2.75, 3.05) is 18.6 Å². The smallest absolute Gasteiger partial charge is 0.231 e. The number of rotatable bonds is 10. The second-order valence-corrected chi connectivity index (χ2v) is 14.7. The van der Waals surface area contributed by atoms with Gasteiger partial charge < -0.3 is 14.1 Å². The van der Waals surface area contributed by atoms with Crippen LogP contribution in [0.4, 0.5) is 5.82 Å². The number of carbonyl (C=O) groups is 2. The lowest BCUT2D eigenvalue weighted by Gasteiger charge is -2.55. The van der Waals surface area contributed by atoms with Crippen LogP contribution < -0.4 is 9.64 Å². The van der Waals surface area contributed by atoms with Crippen molar-refractivity contribution in [2.24, 2.45) is 17.3 Å². The molecule has 3 aromatic rings. The number of ether oxygens (including phenoxy) is 1. The highest BCUT2D eigenvalue weighted by Gasteiger charge is 2.50. The first-order chi connectivity index (χ1) is 21.6. The van der Waals surface area contributed by atoms with Crippen molar-refractivity contribution in [2.45, 2.75) is 110 Å². The van der Waals surface area contributed by atoms with Crippen molar-refractivity contribution in [3.8, 4) is 11.4 Å². The van der Waals surface area contributed by atoms with E-state index in [1.54, 1.807) is 14.0 Å². The highest BCUT2D eigenvalue weighted by molar-refractivity contribution is 5.94. The zero-order valence-electron chi connectivity index (χ0n) is 27.8. The Bertz CT molecular complexity index is 1510. The number of aryl methyl sites for hydroxylation is 1. The average Bonchev–Trinajstić information content (AvgIpc) is 3.56. The molecule has 1 amide bonds. The summed E-state index contributed by atoms with van der Waals surface area (Å²) < 4.78 is 7.59. The van der Waals surface area contributed by atoms with Crippen LogP contribution in [0.1, 0.15) is 114 Å². The molecule has 0 radical (unpaired) electrons. The minimum absolute atomic E-state index is 0.0237. The molecule has 45 heavy (non-hydrogen) atoms. The van der Waals surface area contributed by atoms with Gasteiger partial charge in [0.1, 0.15) is 17.4 Å². The molecule has 7 nitrogen and oxygen atoms in total. The van der Waals surface area contributed by atoms with Crippen molar-refractivity contribution in [3.05, 3.63) is 65.9 Å². The number of aromatic nitrogens is 3. The monoisotopic (exact) mass is 610 g/mol. The number of hydrogen-bond acceptors (Lipinski definition) is 5. The zero-order chi connectivity index (χ0) is 31.8. The quantitative estimate of drug-likeness (QED) is 0.232. The maximum Gasteiger partial charge on any atom is 0.231 e. The first-order valence-corrected chi connectivity index (χ1v) is 17.1. The molecule has 0 N–H and O–H groups in total. The summed E-state index contributed by atoms with van der Waals surface area (Å²) in [7, 11) is 1.74. The van der Waals surface area contributed by atoms with Gasteiger partial charge in [0.25, 0.3) is 0 Å². The molecule has 2 heterocycles. The van der Waals surface area contributed by atoms with Gasteiger partial charge in [0.05, 0.1) is 24.8 Å². The fraction of sp³-hybridized carbons (Fsp3) is 0.579. The third-order valence-electron chi connectivity index (χ3n) is 11.4.